The molecule has 1 aromatic carbocycles. The summed E-state index contributed by atoms with van der Waals surface area (Å²) < 4.78 is 12.3. The van der Waals surface area contributed by atoms with Gasteiger partial charge in [0.1, 0.15) is 23.1 Å². The van der Waals surface area contributed by atoms with Crippen LogP contribution < -0.4 is 14.8 Å². The van der Waals surface area contributed by atoms with E-state index in [1.54, 1.807) is 13.8 Å². The number of aliphatic carboxylic acids is 1. The Balaban J connectivity index is 2.30. The number of fused-ring (bicyclic) bond motifs is 1. The molecule has 37 heavy (non-hydrogen) atoms. The van der Waals surface area contributed by atoms with Crippen molar-refractivity contribution in [2.75, 3.05) is 0 Å². The van der Waals surface area contributed by atoms with Crippen molar-refractivity contribution in [3.8, 4) is 11.5 Å². The average molecular weight is 514 g/mol. The maximum absolute atomic E-state index is 13.2. The third kappa shape index (κ3) is 9.71. The Morgan fingerprint density at radius 3 is 2.51 bits per heavy atom. The Labute approximate surface area is 221 Å². The van der Waals surface area contributed by atoms with Gasteiger partial charge in [-0.1, -0.05) is 45.3 Å². The van der Waals surface area contributed by atoms with Crippen molar-refractivity contribution in [3.63, 3.8) is 0 Å². The normalized spacial score (nSPS) is 16.9. The molecule has 0 radical (unpaired) electrons. The number of hydrogen-bond acceptors (Lipinski definition) is 5. The Bertz CT molecular complexity index is 1020. The number of hydrogen-bond donors (Lipinski definition) is 2. The third-order valence-corrected chi connectivity index (χ3v) is 6.39. The van der Waals surface area contributed by atoms with Crippen LogP contribution in [0.25, 0.3) is 6.08 Å². The van der Waals surface area contributed by atoms with Crippen molar-refractivity contribution in [1.82, 2.24) is 5.32 Å². The van der Waals surface area contributed by atoms with E-state index >= 15 is 0 Å². The molecule has 204 valence electrons. The van der Waals surface area contributed by atoms with E-state index in [1.165, 1.54) is 5.57 Å². The van der Waals surface area contributed by atoms with Gasteiger partial charge in [-0.15, -0.1) is 0 Å². The molecule has 1 amide bonds. The van der Waals surface area contributed by atoms with E-state index in [0.717, 1.165) is 44.1 Å². The van der Waals surface area contributed by atoms with E-state index in [9.17, 15) is 14.4 Å². The predicted molar refractivity (Wildman–Crippen MR) is 146 cm³/mol. The van der Waals surface area contributed by atoms with Crippen LogP contribution in [0.15, 0.2) is 29.9 Å². The number of carboxylic acid groups (broad SMARTS) is 1. The molecule has 0 unspecified atom stereocenters. The maximum atomic E-state index is 13.2. The molecule has 1 aliphatic heterocycles. The van der Waals surface area contributed by atoms with Crippen LogP contribution in [0.4, 0.5) is 0 Å². The van der Waals surface area contributed by atoms with Crippen LogP contribution in [0.1, 0.15) is 97.6 Å². The summed E-state index contributed by atoms with van der Waals surface area (Å²) in [7, 11) is 0. The van der Waals surface area contributed by atoms with Crippen LogP contribution in [0.3, 0.4) is 0 Å². The minimum absolute atomic E-state index is 0.198. The van der Waals surface area contributed by atoms with Crippen LogP contribution in [0.5, 0.6) is 11.5 Å². The minimum Gasteiger partial charge on any atom is -0.483 e. The van der Waals surface area contributed by atoms with E-state index in [4.69, 9.17) is 14.6 Å². The van der Waals surface area contributed by atoms with Crippen LogP contribution in [0.2, 0.25) is 0 Å². The fourth-order valence-corrected chi connectivity index (χ4v) is 4.17. The molecule has 0 aromatic heterocycles. The zero-order valence-corrected chi connectivity index (χ0v) is 23.2. The Morgan fingerprint density at radius 2 is 1.89 bits per heavy atom. The van der Waals surface area contributed by atoms with Crippen LogP contribution in [0, 0.1) is 5.92 Å². The van der Waals surface area contributed by atoms with E-state index in [0.29, 0.717) is 17.1 Å². The minimum atomic E-state index is -1.06. The first kappa shape index (κ1) is 30.1. The number of nitrogens with one attached hydrogen (secondary N) is 1. The molecule has 2 atom stereocenters. The van der Waals surface area contributed by atoms with Crippen molar-refractivity contribution in [1.29, 1.82) is 0 Å². The first-order chi connectivity index (χ1) is 17.4. The van der Waals surface area contributed by atoms with Crippen molar-refractivity contribution in [2.24, 2.45) is 5.92 Å². The molecule has 0 spiro atoms. The van der Waals surface area contributed by atoms with Gasteiger partial charge < -0.3 is 19.9 Å². The van der Waals surface area contributed by atoms with Crippen molar-refractivity contribution in [2.45, 2.75) is 105 Å². The summed E-state index contributed by atoms with van der Waals surface area (Å²) in [6.07, 6.45) is 11.4. The van der Waals surface area contributed by atoms with E-state index < -0.39 is 29.5 Å². The smallest absolute Gasteiger partial charge is 0.334 e. The molecule has 1 aliphatic rings. The molecule has 2 rings (SSSR count). The zero-order chi connectivity index (χ0) is 27.6. The number of esters is 1. The molecule has 7 heteroatoms. The molecule has 0 aliphatic carbocycles. The number of unbranched alkanes of at least 4 members (excludes halogenated alkanes) is 2. The van der Waals surface area contributed by atoms with Gasteiger partial charge in [-0.05, 0) is 82.2 Å². The van der Waals surface area contributed by atoms with Gasteiger partial charge in [-0.25, -0.2) is 4.79 Å². The number of carboxylic acids is 1. The second kappa shape index (κ2) is 14.0. The zero-order valence-electron chi connectivity index (χ0n) is 23.2. The SMILES string of the molecule is CCCCCc1cc(OC(=O)[C@@H](NC(=O)CCC(=O)O)C(C)C)c2c(c1)O[C@@](C)(CCC=C(C)C)C=C2. The average Bonchev–Trinajstić information content (AvgIpc) is 2.80. The number of ether oxygens (including phenoxy) is 2. The number of amides is 1. The van der Waals surface area contributed by atoms with Crippen molar-refractivity contribution >= 4 is 23.9 Å². The highest BCUT2D eigenvalue weighted by Gasteiger charge is 2.31. The molecule has 2 N–H and O–H groups in total. The summed E-state index contributed by atoms with van der Waals surface area (Å²) in [5.74, 6) is -1.30. The Morgan fingerprint density at radius 1 is 1.16 bits per heavy atom. The second-order valence-corrected chi connectivity index (χ2v) is 10.6. The highest BCUT2D eigenvalue weighted by molar-refractivity contribution is 5.87. The maximum Gasteiger partial charge on any atom is 0.334 e. The van der Waals surface area contributed by atoms with Gasteiger partial charge in [-0.2, -0.15) is 0 Å². The summed E-state index contributed by atoms with van der Waals surface area (Å²) in [4.78, 5) is 36.2. The lowest BCUT2D eigenvalue weighted by Crippen LogP contribution is -2.46. The standard InChI is InChI=1S/C30H43NO6/c1-7-8-9-12-22-18-24(36-29(35)28(21(4)5)31-26(32)13-14-27(33)34)23-15-17-30(6,37-25(23)19-22)16-10-11-20(2)3/h11,15,17-19,21,28H,7-10,12-14,16H2,1-6H3,(H,31,32)(H,33,34)/t28-,30-/m0/s1. The quantitative estimate of drug-likeness (QED) is 0.132. The summed E-state index contributed by atoms with van der Waals surface area (Å²) in [6, 6.07) is 3.03. The molecule has 1 heterocycles. The molecule has 0 fully saturated rings. The number of carbonyl (C=O) groups is 3. The molecule has 0 saturated heterocycles. The fraction of sp³-hybridized carbons (Fsp3) is 0.567. The monoisotopic (exact) mass is 513 g/mol. The first-order valence-electron chi connectivity index (χ1n) is 13.4. The molecule has 7 nitrogen and oxygen atoms in total. The summed E-state index contributed by atoms with van der Waals surface area (Å²) >= 11 is 0. The van der Waals surface area contributed by atoms with Crippen molar-refractivity contribution < 1.29 is 29.0 Å². The summed E-state index contributed by atoms with van der Waals surface area (Å²) in [5, 5.41) is 11.5. The van der Waals surface area contributed by atoms with Gasteiger partial charge in [0.2, 0.25) is 5.91 Å². The third-order valence-electron chi connectivity index (χ3n) is 6.39. The largest absolute Gasteiger partial charge is 0.483 e. The predicted octanol–water partition coefficient (Wildman–Crippen LogP) is 6.24. The second-order valence-electron chi connectivity index (χ2n) is 10.6. The highest BCUT2D eigenvalue weighted by Crippen LogP contribution is 2.40. The summed E-state index contributed by atoms with van der Waals surface area (Å²) in [5.41, 5.74) is 2.53. The fourth-order valence-electron chi connectivity index (χ4n) is 4.17. The lowest BCUT2D eigenvalue weighted by atomic mass is 9.93. The molecule has 0 bridgehead atoms. The number of aryl methyl sites for hydroxylation is 1. The summed E-state index contributed by atoms with van der Waals surface area (Å²) in [6.45, 7) is 12.0. The van der Waals surface area contributed by atoms with Gasteiger partial charge >= 0.3 is 11.9 Å². The molecular weight excluding hydrogens is 470 g/mol. The van der Waals surface area contributed by atoms with E-state index in [2.05, 4.69) is 39.1 Å². The van der Waals surface area contributed by atoms with Gasteiger partial charge in [0.25, 0.3) is 0 Å². The van der Waals surface area contributed by atoms with Gasteiger partial charge in [-0.3, -0.25) is 9.59 Å². The van der Waals surface area contributed by atoms with Gasteiger partial charge in [0, 0.05) is 6.42 Å². The lowest BCUT2D eigenvalue weighted by Gasteiger charge is -2.32. The highest BCUT2D eigenvalue weighted by atomic mass is 16.5. The number of allylic oxidation sites excluding steroid dienone is 2. The number of benzene rings is 1. The van der Waals surface area contributed by atoms with Gasteiger partial charge in [0.05, 0.1) is 12.0 Å². The van der Waals surface area contributed by atoms with Crippen LogP contribution in [-0.4, -0.2) is 34.6 Å². The number of rotatable bonds is 14. The van der Waals surface area contributed by atoms with Crippen molar-refractivity contribution in [3.05, 3.63) is 41.0 Å². The van der Waals surface area contributed by atoms with E-state index in [1.807, 2.05) is 24.3 Å². The van der Waals surface area contributed by atoms with Crippen LogP contribution >= 0.6 is 0 Å². The van der Waals surface area contributed by atoms with Gasteiger partial charge in [0.15, 0.2) is 0 Å². The Kier molecular flexibility index (Phi) is 11.4. The Hall–Kier alpha value is -3.09. The molecule has 1 aromatic rings. The van der Waals surface area contributed by atoms with Crippen LogP contribution in [-0.2, 0) is 20.8 Å². The number of carbonyl (C=O) groups excluding carboxylic acids is 2. The topological polar surface area (TPSA) is 102 Å². The molecule has 0 saturated carbocycles. The van der Waals surface area contributed by atoms with E-state index in [-0.39, 0.29) is 18.8 Å². The molecular formula is C30H43NO6. The lowest BCUT2D eigenvalue weighted by molar-refractivity contribution is -0.141. The first-order valence-corrected chi connectivity index (χ1v) is 13.4.